The van der Waals surface area contributed by atoms with Gasteiger partial charge < -0.3 is 15.4 Å². The molecule has 3 rings (SSSR count). The smallest absolute Gasteiger partial charge is 0.254 e. The van der Waals surface area contributed by atoms with Crippen LogP contribution in [0.1, 0.15) is 23.2 Å². The van der Waals surface area contributed by atoms with Crippen LogP contribution in [0.3, 0.4) is 0 Å². The number of carbonyl (C=O) groups excluding carboxylic acids is 1. The monoisotopic (exact) mass is 332 g/mol. The normalized spacial score (nSPS) is 16.7. The summed E-state index contributed by atoms with van der Waals surface area (Å²) in [6.45, 7) is 1.32. The van der Waals surface area contributed by atoms with E-state index in [-0.39, 0.29) is 24.4 Å². The quantitative estimate of drug-likeness (QED) is 0.932. The molecule has 0 radical (unpaired) electrons. The highest BCUT2D eigenvalue weighted by molar-refractivity contribution is 5.94. The fraction of sp³-hybridized carbons (Fsp3) is 0.278. The Kier molecular flexibility index (Phi) is 6.02. The number of carbonyl (C=O) groups is 1. The van der Waals surface area contributed by atoms with Crippen molar-refractivity contribution in [1.82, 2.24) is 4.90 Å². The summed E-state index contributed by atoms with van der Waals surface area (Å²) in [5.74, 6) is 1.56. The van der Waals surface area contributed by atoms with Crippen molar-refractivity contribution in [3.05, 3.63) is 60.2 Å². The van der Waals surface area contributed by atoms with E-state index in [0.717, 1.165) is 30.9 Å². The summed E-state index contributed by atoms with van der Waals surface area (Å²) in [5, 5.41) is 0. The van der Waals surface area contributed by atoms with E-state index in [0.29, 0.717) is 12.1 Å². The van der Waals surface area contributed by atoms with Crippen LogP contribution in [0.5, 0.6) is 11.5 Å². The molecule has 1 saturated heterocycles. The minimum absolute atomic E-state index is 0. The molecular formula is C18H21ClN2O2. The molecule has 1 aliphatic heterocycles. The maximum Gasteiger partial charge on any atom is 0.254 e. The first-order valence-electron chi connectivity index (χ1n) is 7.62. The first-order valence-corrected chi connectivity index (χ1v) is 7.62. The molecule has 0 aromatic heterocycles. The highest BCUT2D eigenvalue weighted by Gasteiger charge is 2.28. The van der Waals surface area contributed by atoms with Gasteiger partial charge in [0.05, 0.1) is 0 Å². The molecule has 0 bridgehead atoms. The molecule has 2 aromatic rings. The Morgan fingerprint density at radius 2 is 1.74 bits per heavy atom. The second-order valence-corrected chi connectivity index (χ2v) is 5.47. The third kappa shape index (κ3) is 4.03. The highest BCUT2D eigenvalue weighted by Crippen LogP contribution is 2.23. The van der Waals surface area contributed by atoms with E-state index in [2.05, 4.69) is 0 Å². The summed E-state index contributed by atoms with van der Waals surface area (Å²) >= 11 is 0. The highest BCUT2D eigenvalue weighted by atomic mass is 35.5. The van der Waals surface area contributed by atoms with Crippen LogP contribution < -0.4 is 10.5 Å². The summed E-state index contributed by atoms with van der Waals surface area (Å²) in [7, 11) is 0. The van der Waals surface area contributed by atoms with E-state index < -0.39 is 0 Å². The number of hydrogen-bond acceptors (Lipinski definition) is 3. The van der Waals surface area contributed by atoms with Gasteiger partial charge in [0, 0.05) is 24.7 Å². The van der Waals surface area contributed by atoms with E-state index in [4.69, 9.17) is 10.5 Å². The SMILES string of the molecule is Cl.NCC1CCCN1C(=O)c1ccc(Oc2ccccc2)cc1. The standard InChI is InChI=1S/C18H20N2O2.ClH/c19-13-15-5-4-12-20(15)18(21)14-8-10-17(11-9-14)22-16-6-2-1-3-7-16;/h1-3,6-11,15H,4-5,12-13,19H2;1H. The molecule has 2 aromatic carbocycles. The van der Waals surface area contributed by atoms with Crippen LogP contribution in [-0.4, -0.2) is 29.9 Å². The Balaban J connectivity index is 0.00000192. The van der Waals surface area contributed by atoms with Gasteiger partial charge in [0.2, 0.25) is 0 Å². The van der Waals surface area contributed by atoms with Gasteiger partial charge in [-0.25, -0.2) is 0 Å². The van der Waals surface area contributed by atoms with E-state index in [1.165, 1.54) is 0 Å². The maximum atomic E-state index is 12.5. The predicted octanol–water partition coefficient (Wildman–Crippen LogP) is 3.46. The second kappa shape index (κ2) is 7.99. The number of nitrogens with two attached hydrogens (primary N) is 1. The topological polar surface area (TPSA) is 55.6 Å². The Bertz CT molecular complexity index is 631. The van der Waals surface area contributed by atoms with Gasteiger partial charge in [-0.15, -0.1) is 12.4 Å². The zero-order valence-corrected chi connectivity index (χ0v) is 13.7. The summed E-state index contributed by atoms with van der Waals surface area (Å²) in [6, 6.07) is 17.0. The summed E-state index contributed by atoms with van der Waals surface area (Å²) in [5.41, 5.74) is 6.42. The fourth-order valence-electron chi connectivity index (χ4n) is 2.80. The molecule has 2 N–H and O–H groups in total. The van der Waals surface area contributed by atoms with Crippen LogP contribution >= 0.6 is 12.4 Å². The van der Waals surface area contributed by atoms with Crippen LogP contribution in [0, 0.1) is 0 Å². The second-order valence-electron chi connectivity index (χ2n) is 5.47. The summed E-state index contributed by atoms with van der Waals surface area (Å²) in [6.07, 6.45) is 2.03. The van der Waals surface area contributed by atoms with Gasteiger partial charge in [-0.3, -0.25) is 4.79 Å². The number of hydrogen-bond donors (Lipinski definition) is 1. The summed E-state index contributed by atoms with van der Waals surface area (Å²) < 4.78 is 5.74. The van der Waals surface area contributed by atoms with Crippen molar-refractivity contribution in [1.29, 1.82) is 0 Å². The number of benzene rings is 2. The van der Waals surface area contributed by atoms with Gasteiger partial charge in [0.15, 0.2) is 0 Å². The zero-order valence-electron chi connectivity index (χ0n) is 12.9. The van der Waals surface area contributed by atoms with Crippen molar-refractivity contribution >= 4 is 18.3 Å². The third-order valence-corrected chi connectivity index (χ3v) is 3.99. The number of rotatable bonds is 4. The lowest BCUT2D eigenvalue weighted by Gasteiger charge is -2.23. The molecule has 0 saturated carbocycles. The van der Waals surface area contributed by atoms with Crippen LogP contribution in [0.15, 0.2) is 54.6 Å². The maximum absolute atomic E-state index is 12.5. The molecule has 122 valence electrons. The lowest BCUT2D eigenvalue weighted by atomic mass is 10.1. The largest absolute Gasteiger partial charge is 0.457 e. The van der Waals surface area contributed by atoms with E-state index in [1.807, 2.05) is 59.5 Å². The van der Waals surface area contributed by atoms with Crippen molar-refractivity contribution in [2.24, 2.45) is 5.73 Å². The summed E-state index contributed by atoms with van der Waals surface area (Å²) in [4.78, 5) is 14.4. The first kappa shape index (κ1) is 17.3. The first-order chi connectivity index (χ1) is 10.8. The average molecular weight is 333 g/mol. The minimum atomic E-state index is 0. The van der Waals surface area contributed by atoms with Crippen LogP contribution in [0.25, 0.3) is 0 Å². The number of ether oxygens (including phenoxy) is 1. The Labute approximate surface area is 142 Å². The van der Waals surface area contributed by atoms with Gasteiger partial charge in [0.1, 0.15) is 11.5 Å². The predicted molar refractivity (Wildman–Crippen MR) is 93.3 cm³/mol. The lowest BCUT2D eigenvalue weighted by molar-refractivity contribution is 0.0741. The van der Waals surface area contributed by atoms with Crippen molar-refractivity contribution in [2.45, 2.75) is 18.9 Å². The molecule has 1 amide bonds. The van der Waals surface area contributed by atoms with Gasteiger partial charge >= 0.3 is 0 Å². The van der Waals surface area contributed by atoms with Gasteiger partial charge in [-0.05, 0) is 49.2 Å². The molecule has 0 spiro atoms. The molecule has 1 atom stereocenters. The molecular weight excluding hydrogens is 312 g/mol. The van der Waals surface area contributed by atoms with E-state index in [1.54, 1.807) is 0 Å². The Hall–Kier alpha value is -2.04. The van der Waals surface area contributed by atoms with E-state index >= 15 is 0 Å². The molecule has 1 fully saturated rings. The Morgan fingerprint density at radius 1 is 1.09 bits per heavy atom. The molecule has 5 heteroatoms. The number of likely N-dealkylation sites (tertiary alicyclic amines) is 1. The molecule has 1 heterocycles. The number of para-hydroxylation sites is 1. The zero-order chi connectivity index (χ0) is 15.4. The van der Waals surface area contributed by atoms with Crippen LogP contribution in [-0.2, 0) is 0 Å². The third-order valence-electron chi connectivity index (χ3n) is 3.99. The van der Waals surface area contributed by atoms with Crippen LogP contribution in [0.2, 0.25) is 0 Å². The molecule has 1 aliphatic rings. The fourth-order valence-corrected chi connectivity index (χ4v) is 2.80. The average Bonchev–Trinajstić information content (AvgIpc) is 3.04. The van der Waals surface area contributed by atoms with Crippen molar-refractivity contribution < 1.29 is 9.53 Å². The Morgan fingerprint density at radius 3 is 2.39 bits per heavy atom. The molecule has 4 nitrogen and oxygen atoms in total. The molecule has 23 heavy (non-hydrogen) atoms. The lowest BCUT2D eigenvalue weighted by Crippen LogP contribution is -2.39. The van der Waals surface area contributed by atoms with Crippen molar-refractivity contribution in [2.75, 3.05) is 13.1 Å². The number of amides is 1. The molecule has 0 aliphatic carbocycles. The number of nitrogens with zero attached hydrogens (tertiary/aromatic N) is 1. The number of halogens is 1. The van der Waals surface area contributed by atoms with E-state index in [9.17, 15) is 4.79 Å². The molecule has 1 unspecified atom stereocenters. The minimum Gasteiger partial charge on any atom is -0.457 e. The van der Waals surface area contributed by atoms with Crippen molar-refractivity contribution in [3.63, 3.8) is 0 Å². The van der Waals surface area contributed by atoms with Gasteiger partial charge in [-0.2, -0.15) is 0 Å². The van der Waals surface area contributed by atoms with Crippen LogP contribution in [0.4, 0.5) is 0 Å². The van der Waals surface area contributed by atoms with Gasteiger partial charge in [-0.1, -0.05) is 18.2 Å². The van der Waals surface area contributed by atoms with Crippen molar-refractivity contribution in [3.8, 4) is 11.5 Å². The van der Waals surface area contributed by atoms with Gasteiger partial charge in [0.25, 0.3) is 5.91 Å².